The molecule has 2 unspecified atom stereocenters. The molecular weight excluding hydrogens is 212 g/mol. The molecule has 1 N–H and O–H groups in total. The average molecular weight is 228 g/mol. The summed E-state index contributed by atoms with van der Waals surface area (Å²) in [6.45, 7) is 4.26. The first-order valence-corrected chi connectivity index (χ1v) is 7.05. The summed E-state index contributed by atoms with van der Waals surface area (Å²) < 4.78 is 0. The first-order chi connectivity index (χ1) is 6.75. The Kier molecular flexibility index (Phi) is 3.47. The van der Waals surface area contributed by atoms with Gasteiger partial charge >= 0.3 is 0 Å². The summed E-state index contributed by atoms with van der Waals surface area (Å²) in [5.74, 6) is 2.57. The molecule has 14 heavy (non-hydrogen) atoms. The highest BCUT2D eigenvalue weighted by Gasteiger charge is 2.19. The van der Waals surface area contributed by atoms with Crippen LogP contribution in [0, 0.1) is 6.92 Å². The Labute approximate surface area is 93.5 Å². The normalized spacial score (nSPS) is 24.0. The van der Waals surface area contributed by atoms with Gasteiger partial charge in [-0.25, -0.2) is 4.98 Å². The first kappa shape index (κ1) is 10.5. The number of nitrogens with one attached hydrogen (secondary N) is 1. The maximum absolute atomic E-state index is 4.50. The molecule has 78 valence electrons. The average Bonchev–Trinajstić information content (AvgIpc) is 2.75. The fourth-order valence-electron chi connectivity index (χ4n) is 1.66. The van der Waals surface area contributed by atoms with E-state index in [-0.39, 0.29) is 0 Å². The lowest BCUT2D eigenvalue weighted by Gasteiger charge is -2.16. The van der Waals surface area contributed by atoms with Gasteiger partial charge in [-0.05, 0) is 26.0 Å². The van der Waals surface area contributed by atoms with E-state index in [0.29, 0.717) is 12.1 Å². The molecule has 0 radical (unpaired) electrons. The van der Waals surface area contributed by atoms with Gasteiger partial charge in [-0.3, -0.25) is 0 Å². The molecule has 1 fully saturated rings. The molecule has 0 aromatic carbocycles. The molecule has 1 aromatic rings. The largest absolute Gasteiger partial charge is 0.305 e. The third-order valence-corrected chi connectivity index (χ3v) is 4.73. The van der Waals surface area contributed by atoms with Gasteiger partial charge in [0.1, 0.15) is 5.01 Å². The van der Waals surface area contributed by atoms with E-state index in [0.717, 1.165) is 5.69 Å². The summed E-state index contributed by atoms with van der Waals surface area (Å²) in [4.78, 5) is 4.50. The van der Waals surface area contributed by atoms with Crippen LogP contribution in [0.2, 0.25) is 0 Å². The zero-order chi connectivity index (χ0) is 9.97. The number of nitrogens with zero attached hydrogens (tertiary/aromatic N) is 1. The fourth-order valence-corrected chi connectivity index (χ4v) is 3.64. The SMILES string of the molecule is Cc1csc(C(C)NC2CCSC2)n1. The van der Waals surface area contributed by atoms with Gasteiger partial charge in [0.2, 0.25) is 0 Å². The Morgan fingerprint density at radius 3 is 3.07 bits per heavy atom. The van der Waals surface area contributed by atoms with Crippen molar-refractivity contribution in [2.45, 2.75) is 32.4 Å². The molecule has 0 spiro atoms. The van der Waals surface area contributed by atoms with Crippen LogP contribution >= 0.6 is 23.1 Å². The van der Waals surface area contributed by atoms with Gasteiger partial charge in [0.25, 0.3) is 0 Å². The number of hydrogen-bond donors (Lipinski definition) is 1. The lowest BCUT2D eigenvalue weighted by Crippen LogP contribution is -2.31. The van der Waals surface area contributed by atoms with E-state index in [1.807, 2.05) is 11.8 Å². The Morgan fingerprint density at radius 2 is 2.50 bits per heavy atom. The van der Waals surface area contributed by atoms with Crippen LogP contribution in [0.4, 0.5) is 0 Å². The fraction of sp³-hybridized carbons (Fsp3) is 0.700. The molecule has 0 saturated carbocycles. The zero-order valence-electron chi connectivity index (χ0n) is 8.62. The van der Waals surface area contributed by atoms with Gasteiger partial charge in [0.05, 0.1) is 6.04 Å². The highest BCUT2D eigenvalue weighted by atomic mass is 32.2. The maximum Gasteiger partial charge on any atom is 0.110 e. The number of aryl methyl sites for hydroxylation is 1. The lowest BCUT2D eigenvalue weighted by atomic mass is 10.2. The minimum Gasteiger partial charge on any atom is -0.305 e. The zero-order valence-corrected chi connectivity index (χ0v) is 10.3. The second kappa shape index (κ2) is 4.64. The third kappa shape index (κ3) is 2.49. The molecule has 1 aromatic heterocycles. The Bertz CT molecular complexity index is 292. The molecule has 1 aliphatic rings. The Balaban J connectivity index is 1.91. The summed E-state index contributed by atoms with van der Waals surface area (Å²) >= 11 is 3.81. The first-order valence-electron chi connectivity index (χ1n) is 5.01. The molecule has 2 nitrogen and oxygen atoms in total. The van der Waals surface area contributed by atoms with Crippen molar-refractivity contribution in [3.8, 4) is 0 Å². The summed E-state index contributed by atoms with van der Waals surface area (Å²) in [5, 5.41) is 6.98. The summed E-state index contributed by atoms with van der Waals surface area (Å²) in [6, 6.07) is 1.11. The molecule has 1 saturated heterocycles. The summed E-state index contributed by atoms with van der Waals surface area (Å²) in [7, 11) is 0. The van der Waals surface area contributed by atoms with Crippen molar-refractivity contribution in [3.05, 3.63) is 16.1 Å². The van der Waals surface area contributed by atoms with E-state index in [9.17, 15) is 0 Å². The molecule has 4 heteroatoms. The van der Waals surface area contributed by atoms with E-state index in [1.165, 1.54) is 22.9 Å². The lowest BCUT2D eigenvalue weighted by molar-refractivity contribution is 0.484. The van der Waals surface area contributed by atoms with Gasteiger partial charge in [0.15, 0.2) is 0 Å². The smallest absolute Gasteiger partial charge is 0.110 e. The molecule has 2 atom stereocenters. The van der Waals surface area contributed by atoms with Gasteiger partial charge < -0.3 is 5.32 Å². The predicted octanol–water partition coefficient (Wildman–Crippen LogP) is 2.61. The van der Waals surface area contributed by atoms with Gasteiger partial charge in [-0.15, -0.1) is 11.3 Å². The highest BCUT2D eigenvalue weighted by Crippen LogP contribution is 2.22. The van der Waals surface area contributed by atoms with Crippen molar-refractivity contribution in [1.29, 1.82) is 0 Å². The van der Waals surface area contributed by atoms with E-state index < -0.39 is 0 Å². The van der Waals surface area contributed by atoms with Crippen LogP contribution in [0.25, 0.3) is 0 Å². The second-order valence-electron chi connectivity index (χ2n) is 3.78. The number of aromatic nitrogens is 1. The number of thioether (sulfide) groups is 1. The number of rotatable bonds is 3. The van der Waals surface area contributed by atoms with Crippen LogP contribution in [-0.4, -0.2) is 22.5 Å². The van der Waals surface area contributed by atoms with E-state index in [2.05, 4.69) is 29.5 Å². The van der Waals surface area contributed by atoms with Crippen molar-refractivity contribution in [3.63, 3.8) is 0 Å². The monoisotopic (exact) mass is 228 g/mol. The van der Waals surface area contributed by atoms with Crippen molar-refractivity contribution >= 4 is 23.1 Å². The molecule has 0 bridgehead atoms. The standard InChI is InChI=1S/C10H16N2S2/c1-7-5-14-10(11-7)8(2)12-9-3-4-13-6-9/h5,8-9,12H,3-4,6H2,1-2H3. The quantitative estimate of drug-likeness (QED) is 0.861. The minimum absolute atomic E-state index is 0.414. The van der Waals surface area contributed by atoms with Crippen LogP contribution < -0.4 is 5.32 Å². The van der Waals surface area contributed by atoms with Crippen molar-refractivity contribution in [2.75, 3.05) is 11.5 Å². The minimum atomic E-state index is 0.414. The van der Waals surface area contributed by atoms with Crippen molar-refractivity contribution in [2.24, 2.45) is 0 Å². The van der Waals surface area contributed by atoms with Crippen LogP contribution in [0.15, 0.2) is 5.38 Å². The van der Waals surface area contributed by atoms with Crippen LogP contribution in [0.5, 0.6) is 0 Å². The molecule has 0 amide bonds. The second-order valence-corrected chi connectivity index (χ2v) is 5.82. The van der Waals surface area contributed by atoms with E-state index >= 15 is 0 Å². The van der Waals surface area contributed by atoms with Crippen LogP contribution in [0.1, 0.15) is 30.1 Å². The van der Waals surface area contributed by atoms with Crippen LogP contribution in [-0.2, 0) is 0 Å². The maximum atomic E-state index is 4.50. The van der Waals surface area contributed by atoms with Crippen molar-refractivity contribution in [1.82, 2.24) is 10.3 Å². The molecular formula is C10H16N2S2. The molecule has 0 aliphatic carbocycles. The summed E-state index contributed by atoms with van der Waals surface area (Å²) in [5.41, 5.74) is 1.14. The number of thiazole rings is 1. The molecule has 2 heterocycles. The Morgan fingerprint density at radius 1 is 1.64 bits per heavy atom. The molecule has 2 rings (SSSR count). The summed E-state index contributed by atoms with van der Waals surface area (Å²) in [6.07, 6.45) is 1.30. The van der Waals surface area contributed by atoms with Gasteiger partial charge in [0, 0.05) is 22.9 Å². The third-order valence-electron chi connectivity index (χ3n) is 2.42. The highest BCUT2D eigenvalue weighted by molar-refractivity contribution is 7.99. The topological polar surface area (TPSA) is 24.9 Å². The number of hydrogen-bond acceptors (Lipinski definition) is 4. The predicted molar refractivity (Wildman–Crippen MR) is 64.1 cm³/mol. The van der Waals surface area contributed by atoms with Gasteiger partial charge in [-0.1, -0.05) is 0 Å². The van der Waals surface area contributed by atoms with Crippen LogP contribution in [0.3, 0.4) is 0 Å². The van der Waals surface area contributed by atoms with Crippen molar-refractivity contribution < 1.29 is 0 Å². The van der Waals surface area contributed by atoms with E-state index in [1.54, 1.807) is 11.3 Å². The molecule has 1 aliphatic heterocycles. The Hall–Kier alpha value is -0.0600. The van der Waals surface area contributed by atoms with E-state index in [4.69, 9.17) is 0 Å². The van der Waals surface area contributed by atoms with Gasteiger partial charge in [-0.2, -0.15) is 11.8 Å².